The Kier molecular flexibility index (Phi) is 5.96. The Hall–Kier alpha value is -2.81. The second-order valence-electron chi connectivity index (χ2n) is 5.43. The number of methoxy groups -OCH3 is 1. The number of aryl methyl sites for hydroxylation is 2. The number of ether oxygens (including phenoxy) is 2. The smallest absolute Gasteiger partial charge is 0.184 e. The van der Waals surface area contributed by atoms with Gasteiger partial charge in [-0.15, -0.1) is 0 Å². The van der Waals surface area contributed by atoms with Gasteiger partial charge in [0.15, 0.2) is 17.6 Å². The summed E-state index contributed by atoms with van der Waals surface area (Å²) in [6.07, 6.45) is 1.86. The van der Waals surface area contributed by atoms with Gasteiger partial charge in [0.1, 0.15) is 11.9 Å². The lowest BCUT2D eigenvalue weighted by molar-refractivity contribution is 0.238. The maximum absolute atomic E-state index is 9.09. The Morgan fingerprint density at radius 3 is 2.75 bits per heavy atom. The van der Waals surface area contributed by atoms with Crippen LogP contribution in [0.15, 0.2) is 24.4 Å². The van der Waals surface area contributed by atoms with Crippen LogP contribution in [0, 0.1) is 25.2 Å². The van der Waals surface area contributed by atoms with E-state index in [0.29, 0.717) is 24.5 Å². The van der Waals surface area contributed by atoms with Gasteiger partial charge in [0, 0.05) is 12.7 Å². The molecule has 0 bridgehead atoms. The molecule has 0 fully saturated rings. The highest BCUT2D eigenvalue weighted by atomic mass is 16.5. The highest BCUT2D eigenvalue weighted by Gasteiger charge is 2.12. The molecule has 0 aliphatic heterocycles. The molecule has 1 unspecified atom stereocenters. The molecule has 6 nitrogen and oxygen atoms in total. The molecule has 0 amide bonds. The molecule has 126 valence electrons. The number of hydrogen-bond acceptors (Lipinski definition) is 6. The Labute approximate surface area is 142 Å². The van der Waals surface area contributed by atoms with Gasteiger partial charge in [-0.3, -0.25) is 4.98 Å². The number of nitrogens with zero attached hydrogens (tertiary/aromatic N) is 3. The predicted octanol–water partition coefficient (Wildman–Crippen LogP) is 3.40. The Morgan fingerprint density at radius 1 is 1.29 bits per heavy atom. The van der Waals surface area contributed by atoms with E-state index in [1.54, 1.807) is 13.3 Å². The monoisotopic (exact) mass is 326 g/mol. The van der Waals surface area contributed by atoms with Gasteiger partial charge in [0.25, 0.3) is 0 Å². The van der Waals surface area contributed by atoms with E-state index < -0.39 is 6.10 Å². The topological polar surface area (TPSA) is 80.1 Å². The Bertz CT molecular complexity index is 740. The summed E-state index contributed by atoms with van der Waals surface area (Å²) in [5.74, 6) is 1.94. The first-order valence-electron chi connectivity index (χ1n) is 7.84. The van der Waals surface area contributed by atoms with Gasteiger partial charge in [-0.25, -0.2) is 4.98 Å². The maximum Gasteiger partial charge on any atom is 0.184 e. The summed E-state index contributed by atoms with van der Waals surface area (Å²) in [5, 5.41) is 12.4. The highest BCUT2D eigenvalue weighted by Crippen LogP contribution is 2.29. The number of anilines is 1. The SMILES string of the molecule is CCC(C#N)Oc1cc(CNc2nc(C)cnc2C)ccc1OC. The van der Waals surface area contributed by atoms with Gasteiger partial charge < -0.3 is 14.8 Å². The second kappa shape index (κ2) is 8.16. The summed E-state index contributed by atoms with van der Waals surface area (Å²) in [5.41, 5.74) is 2.71. The minimum absolute atomic E-state index is 0.494. The van der Waals surface area contributed by atoms with Crippen molar-refractivity contribution in [2.45, 2.75) is 39.8 Å². The summed E-state index contributed by atoms with van der Waals surface area (Å²) in [7, 11) is 1.58. The molecule has 0 saturated heterocycles. The van der Waals surface area contributed by atoms with Crippen molar-refractivity contribution in [3.05, 3.63) is 41.3 Å². The van der Waals surface area contributed by atoms with Crippen LogP contribution in [0.4, 0.5) is 5.82 Å². The molecule has 1 heterocycles. The fourth-order valence-electron chi connectivity index (χ4n) is 2.17. The molecule has 1 aromatic heterocycles. The van der Waals surface area contributed by atoms with Crippen LogP contribution in [0.5, 0.6) is 11.5 Å². The molecule has 0 aliphatic rings. The minimum Gasteiger partial charge on any atom is -0.493 e. The summed E-state index contributed by atoms with van der Waals surface area (Å²) >= 11 is 0. The number of rotatable bonds is 7. The third-order valence-corrected chi connectivity index (χ3v) is 3.55. The standard InChI is InChI=1S/C18H22N4O2/c1-5-15(9-19)24-17-8-14(6-7-16(17)23-4)11-21-18-13(3)20-10-12(2)22-18/h6-8,10,15H,5,11H2,1-4H3,(H,21,22). The first kappa shape index (κ1) is 17.5. The summed E-state index contributed by atoms with van der Waals surface area (Å²) in [6.45, 7) is 6.30. The van der Waals surface area contributed by atoms with Crippen LogP contribution in [0.25, 0.3) is 0 Å². The van der Waals surface area contributed by atoms with Crippen molar-refractivity contribution in [3.8, 4) is 17.6 Å². The molecule has 24 heavy (non-hydrogen) atoms. The fourth-order valence-corrected chi connectivity index (χ4v) is 2.17. The molecule has 0 spiro atoms. The average molecular weight is 326 g/mol. The predicted molar refractivity (Wildman–Crippen MR) is 92.1 cm³/mol. The van der Waals surface area contributed by atoms with Crippen molar-refractivity contribution in [3.63, 3.8) is 0 Å². The maximum atomic E-state index is 9.09. The zero-order chi connectivity index (χ0) is 17.5. The third kappa shape index (κ3) is 4.35. The molecule has 1 atom stereocenters. The van der Waals surface area contributed by atoms with E-state index in [2.05, 4.69) is 21.4 Å². The normalized spacial score (nSPS) is 11.5. The lowest BCUT2D eigenvalue weighted by atomic mass is 10.2. The van der Waals surface area contributed by atoms with Crippen molar-refractivity contribution in [2.75, 3.05) is 12.4 Å². The third-order valence-electron chi connectivity index (χ3n) is 3.55. The van der Waals surface area contributed by atoms with E-state index in [-0.39, 0.29) is 0 Å². The number of benzene rings is 1. The number of nitrogens with one attached hydrogen (secondary N) is 1. The summed E-state index contributed by atoms with van der Waals surface area (Å²) < 4.78 is 11.0. The van der Waals surface area contributed by atoms with E-state index in [1.807, 2.05) is 39.0 Å². The molecule has 1 N–H and O–H groups in total. The van der Waals surface area contributed by atoms with Gasteiger partial charge in [-0.1, -0.05) is 13.0 Å². The van der Waals surface area contributed by atoms with Crippen LogP contribution < -0.4 is 14.8 Å². The van der Waals surface area contributed by atoms with Crippen LogP contribution in [0.3, 0.4) is 0 Å². The van der Waals surface area contributed by atoms with Gasteiger partial charge in [-0.05, 0) is 38.0 Å². The molecular weight excluding hydrogens is 304 g/mol. The molecule has 2 aromatic rings. The van der Waals surface area contributed by atoms with Crippen LogP contribution in [-0.2, 0) is 6.54 Å². The summed E-state index contributed by atoms with van der Waals surface area (Å²) in [4.78, 5) is 8.74. The molecule has 0 saturated carbocycles. The van der Waals surface area contributed by atoms with Gasteiger partial charge in [0.2, 0.25) is 0 Å². The van der Waals surface area contributed by atoms with E-state index in [9.17, 15) is 0 Å². The average Bonchev–Trinajstić information content (AvgIpc) is 2.60. The van der Waals surface area contributed by atoms with Crippen LogP contribution in [0.2, 0.25) is 0 Å². The molecule has 0 aliphatic carbocycles. The van der Waals surface area contributed by atoms with Gasteiger partial charge in [-0.2, -0.15) is 5.26 Å². The van der Waals surface area contributed by atoms with Gasteiger partial charge in [0.05, 0.1) is 18.5 Å². The minimum atomic E-state index is -0.494. The van der Waals surface area contributed by atoms with Crippen LogP contribution >= 0.6 is 0 Å². The molecular formula is C18H22N4O2. The van der Waals surface area contributed by atoms with E-state index >= 15 is 0 Å². The van der Waals surface area contributed by atoms with E-state index in [1.165, 1.54) is 0 Å². The van der Waals surface area contributed by atoms with Crippen molar-refractivity contribution in [1.82, 2.24) is 9.97 Å². The number of aromatic nitrogens is 2. The zero-order valence-corrected chi connectivity index (χ0v) is 14.5. The van der Waals surface area contributed by atoms with E-state index in [0.717, 1.165) is 22.8 Å². The number of hydrogen-bond donors (Lipinski definition) is 1. The molecule has 2 rings (SSSR count). The molecule has 0 radical (unpaired) electrons. The zero-order valence-electron chi connectivity index (χ0n) is 14.5. The van der Waals surface area contributed by atoms with Gasteiger partial charge >= 0.3 is 0 Å². The number of nitriles is 1. The molecule has 6 heteroatoms. The van der Waals surface area contributed by atoms with E-state index in [4.69, 9.17) is 14.7 Å². The highest BCUT2D eigenvalue weighted by molar-refractivity contribution is 5.46. The first-order chi connectivity index (χ1) is 11.6. The Morgan fingerprint density at radius 2 is 2.08 bits per heavy atom. The fraction of sp³-hybridized carbons (Fsp3) is 0.389. The van der Waals surface area contributed by atoms with Crippen molar-refractivity contribution >= 4 is 5.82 Å². The Balaban J connectivity index is 2.16. The van der Waals surface area contributed by atoms with Crippen molar-refractivity contribution < 1.29 is 9.47 Å². The van der Waals surface area contributed by atoms with Crippen LogP contribution in [0.1, 0.15) is 30.3 Å². The van der Waals surface area contributed by atoms with Crippen molar-refractivity contribution in [2.24, 2.45) is 0 Å². The van der Waals surface area contributed by atoms with Crippen molar-refractivity contribution in [1.29, 1.82) is 5.26 Å². The lowest BCUT2D eigenvalue weighted by Gasteiger charge is -2.15. The first-order valence-corrected chi connectivity index (χ1v) is 7.84. The second-order valence-corrected chi connectivity index (χ2v) is 5.43. The van der Waals surface area contributed by atoms with Crippen LogP contribution in [-0.4, -0.2) is 23.2 Å². The quantitative estimate of drug-likeness (QED) is 0.840. The lowest BCUT2D eigenvalue weighted by Crippen LogP contribution is -2.13. The largest absolute Gasteiger partial charge is 0.493 e. The molecule has 1 aromatic carbocycles. The summed E-state index contributed by atoms with van der Waals surface area (Å²) in [6, 6.07) is 7.80.